The van der Waals surface area contributed by atoms with Crippen molar-refractivity contribution < 1.29 is 9.53 Å². The number of rotatable bonds is 6. The van der Waals surface area contributed by atoms with Crippen molar-refractivity contribution in [2.24, 2.45) is 0 Å². The summed E-state index contributed by atoms with van der Waals surface area (Å²) in [6.07, 6.45) is 5.43. The number of hydrogen-bond donors (Lipinski definition) is 0. The molecule has 2 heterocycles. The van der Waals surface area contributed by atoms with Gasteiger partial charge in [0.05, 0.1) is 6.61 Å². The largest absolute Gasteiger partial charge is 0.494 e. The number of piperidine rings is 1. The molecule has 2 aliphatic heterocycles. The van der Waals surface area contributed by atoms with E-state index in [2.05, 4.69) is 54.3 Å². The van der Waals surface area contributed by atoms with Crippen molar-refractivity contribution >= 4 is 5.91 Å². The highest BCUT2D eigenvalue weighted by atomic mass is 16.5. The van der Waals surface area contributed by atoms with Crippen LogP contribution in [0.15, 0.2) is 42.5 Å². The Kier molecular flexibility index (Phi) is 7.29. The molecule has 0 atom stereocenters. The fourth-order valence-electron chi connectivity index (χ4n) is 5.00. The lowest BCUT2D eigenvalue weighted by molar-refractivity contribution is -0.128. The first-order chi connectivity index (χ1) is 15.1. The van der Waals surface area contributed by atoms with Gasteiger partial charge in [0, 0.05) is 26.6 Å². The third-order valence-corrected chi connectivity index (χ3v) is 6.91. The molecule has 4 rings (SSSR count). The van der Waals surface area contributed by atoms with E-state index in [0.717, 1.165) is 51.3 Å². The van der Waals surface area contributed by atoms with E-state index >= 15 is 0 Å². The molecule has 0 bridgehead atoms. The number of fused-ring (bicyclic) bond motifs is 1. The molecule has 0 unspecified atom stereocenters. The summed E-state index contributed by atoms with van der Waals surface area (Å²) in [6.45, 7) is 9.72. The third-order valence-electron chi connectivity index (χ3n) is 6.91. The van der Waals surface area contributed by atoms with Gasteiger partial charge in [-0.05, 0) is 86.9 Å². The predicted molar refractivity (Wildman–Crippen MR) is 126 cm³/mol. The molecule has 0 spiro atoms. The zero-order valence-electron chi connectivity index (χ0n) is 19.1. The maximum atomic E-state index is 11.7. The minimum absolute atomic E-state index is 0.173. The number of likely N-dealkylation sites (tertiary alicyclic amines) is 1. The first kappa shape index (κ1) is 21.9. The van der Waals surface area contributed by atoms with Crippen LogP contribution in [0, 0.1) is 6.92 Å². The van der Waals surface area contributed by atoms with E-state index in [9.17, 15) is 4.79 Å². The van der Waals surface area contributed by atoms with Crippen LogP contribution in [0.1, 0.15) is 54.4 Å². The summed E-state index contributed by atoms with van der Waals surface area (Å²) >= 11 is 0. The third kappa shape index (κ3) is 5.88. The van der Waals surface area contributed by atoms with Gasteiger partial charge in [0.1, 0.15) is 5.75 Å². The summed E-state index contributed by atoms with van der Waals surface area (Å²) in [5.74, 6) is 1.85. The molecule has 4 nitrogen and oxygen atoms in total. The first-order valence-corrected chi connectivity index (χ1v) is 11.9. The van der Waals surface area contributed by atoms with Crippen molar-refractivity contribution in [1.29, 1.82) is 0 Å². The minimum atomic E-state index is 0.173. The highest BCUT2D eigenvalue weighted by molar-refractivity contribution is 5.73. The van der Waals surface area contributed by atoms with Gasteiger partial charge in [0.25, 0.3) is 0 Å². The maximum absolute atomic E-state index is 11.7. The number of benzene rings is 2. The SMILES string of the molecule is CC(=O)N1CCc2ccc(OCCCN3CCC(c4cccc(C)c4)CC3)cc2CC1. The van der Waals surface area contributed by atoms with Crippen LogP contribution < -0.4 is 4.74 Å². The number of carbonyl (C=O) groups excluding carboxylic acids is 1. The summed E-state index contributed by atoms with van der Waals surface area (Å²) in [5.41, 5.74) is 5.57. The summed E-state index contributed by atoms with van der Waals surface area (Å²) in [6, 6.07) is 15.5. The van der Waals surface area contributed by atoms with Crippen molar-refractivity contribution in [3.8, 4) is 5.75 Å². The van der Waals surface area contributed by atoms with E-state index in [-0.39, 0.29) is 5.91 Å². The van der Waals surface area contributed by atoms with Crippen LogP contribution in [0.25, 0.3) is 0 Å². The van der Waals surface area contributed by atoms with Crippen LogP contribution in [0.5, 0.6) is 5.75 Å². The molecule has 2 aliphatic rings. The molecule has 0 radical (unpaired) electrons. The Hall–Kier alpha value is -2.33. The summed E-state index contributed by atoms with van der Waals surface area (Å²) in [7, 11) is 0. The molecule has 1 amide bonds. The Bertz CT molecular complexity index is 887. The fourth-order valence-corrected chi connectivity index (χ4v) is 5.00. The van der Waals surface area contributed by atoms with Gasteiger partial charge in [-0.15, -0.1) is 0 Å². The molecule has 2 aromatic carbocycles. The highest BCUT2D eigenvalue weighted by Gasteiger charge is 2.20. The average Bonchev–Trinajstić information content (AvgIpc) is 2.99. The van der Waals surface area contributed by atoms with Crippen LogP contribution in [0.4, 0.5) is 0 Å². The lowest BCUT2D eigenvalue weighted by Gasteiger charge is -2.32. The Balaban J connectivity index is 1.19. The second-order valence-corrected chi connectivity index (χ2v) is 9.17. The highest BCUT2D eigenvalue weighted by Crippen LogP contribution is 2.28. The summed E-state index contributed by atoms with van der Waals surface area (Å²) < 4.78 is 6.07. The molecular weight excluding hydrogens is 384 g/mol. The molecule has 2 aromatic rings. The Morgan fingerprint density at radius 1 is 1.00 bits per heavy atom. The quantitative estimate of drug-likeness (QED) is 0.641. The number of amides is 1. The predicted octanol–water partition coefficient (Wildman–Crippen LogP) is 4.59. The van der Waals surface area contributed by atoms with Crippen molar-refractivity contribution in [2.45, 2.75) is 51.9 Å². The molecule has 31 heavy (non-hydrogen) atoms. The van der Waals surface area contributed by atoms with E-state index in [1.165, 1.54) is 48.2 Å². The van der Waals surface area contributed by atoms with Gasteiger partial charge in [0.15, 0.2) is 0 Å². The van der Waals surface area contributed by atoms with Crippen molar-refractivity contribution in [3.63, 3.8) is 0 Å². The standard InChI is InChI=1S/C27H36N2O2/c1-21-5-3-6-25(19-21)24-9-14-28(15-10-24)13-4-18-31-27-8-7-23-11-16-29(22(2)30)17-12-26(23)20-27/h3,5-8,19-20,24H,4,9-18H2,1-2H3. The second kappa shape index (κ2) is 10.3. The van der Waals surface area contributed by atoms with Gasteiger partial charge in [-0.25, -0.2) is 0 Å². The zero-order valence-corrected chi connectivity index (χ0v) is 19.1. The second-order valence-electron chi connectivity index (χ2n) is 9.17. The first-order valence-electron chi connectivity index (χ1n) is 11.9. The summed E-state index contributed by atoms with van der Waals surface area (Å²) in [4.78, 5) is 16.2. The van der Waals surface area contributed by atoms with Crippen molar-refractivity contribution in [3.05, 3.63) is 64.7 Å². The van der Waals surface area contributed by atoms with E-state index in [0.29, 0.717) is 5.92 Å². The van der Waals surface area contributed by atoms with Gasteiger partial charge in [-0.3, -0.25) is 4.79 Å². The maximum Gasteiger partial charge on any atom is 0.219 e. The minimum Gasteiger partial charge on any atom is -0.494 e. The Morgan fingerprint density at radius 3 is 2.52 bits per heavy atom. The fraction of sp³-hybridized carbons (Fsp3) is 0.519. The average molecular weight is 421 g/mol. The Labute approximate surface area is 187 Å². The zero-order chi connectivity index (χ0) is 21.6. The van der Waals surface area contributed by atoms with Gasteiger partial charge in [0.2, 0.25) is 5.91 Å². The van der Waals surface area contributed by atoms with Crippen molar-refractivity contribution in [2.75, 3.05) is 39.3 Å². The van der Waals surface area contributed by atoms with Crippen molar-refractivity contribution in [1.82, 2.24) is 9.80 Å². The van der Waals surface area contributed by atoms with Crippen LogP contribution in [0.2, 0.25) is 0 Å². The lowest BCUT2D eigenvalue weighted by Crippen LogP contribution is -2.34. The molecule has 4 heteroatoms. The van der Waals surface area contributed by atoms with Crippen LogP contribution in [-0.2, 0) is 17.6 Å². The van der Waals surface area contributed by atoms with Crippen LogP contribution in [-0.4, -0.2) is 55.0 Å². The molecule has 0 N–H and O–H groups in total. The number of hydrogen-bond acceptors (Lipinski definition) is 3. The molecule has 1 fully saturated rings. The van der Waals surface area contributed by atoms with Crippen LogP contribution in [0.3, 0.4) is 0 Å². The van der Waals surface area contributed by atoms with E-state index < -0.39 is 0 Å². The van der Waals surface area contributed by atoms with E-state index in [1.807, 2.05) is 4.90 Å². The molecule has 166 valence electrons. The Morgan fingerprint density at radius 2 is 1.77 bits per heavy atom. The van der Waals surface area contributed by atoms with Crippen LogP contribution >= 0.6 is 0 Å². The topological polar surface area (TPSA) is 32.8 Å². The van der Waals surface area contributed by atoms with Gasteiger partial charge in [-0.2, -0.15) is 0 Å². The number of carbonyl (C=O) groups is 1. The number of ether oxygens (including phenoxy) is 1. The summed E-state index contributed by atoms with van der Waals surface area (Å²) in [5, 5.41) is 0. The smallest absolute Gasteiger partial charge is 0.219 e. The molecule has 1 saturated heterocycles. The van der Waals surface area contributed by atoms with E-state index in [4.69, 9.17) is 4.74 Å². The monoisotopic (exact) mass is 420 g/mol. The van der Waals surface area contributed by atoms with E-state index in [1.54, 1.807) is 6.92 Å². The molecule has 0 aliphatic carbocycles. The number of nitrogens with zero attached hydrogens (tertiary/aromatic N) is 2. The molecular formula is C27H36N2O2. The number of aryl methyl sites for hydroxylation is 1. The van der Waals surface area contributed by atoms with Gasteiger partial charge < -0.3 is 14.5 Å². The normalized spacial score (nSPS) is 17.8. The molecule has 0 saturated carbocycles. The van der Waals surface area contributed by atoms with Gasteiger partial charge in [-0.1, -0.05) is 35.9 Å². The lowest BCUT2D eigenvalue weighted by atomic mass is 9.89. The van der Waals surface area contributed by atoms with Gasteiger partial charge >= 0.3 is 0 Å². The molecule has 0 aromatic heterocycles.